The molecule has 1 aromatic rings. The van der Waals surface area contributed by atoms with Crippen molar-refractivity contribution in [2.24, 2.45) is 0 Å². The molecule has 0 unspecified atom stereocenters. The number of β-amino-alcohol motifs (C(OH)–C–C–N with tert-alkyl or cyclic N) is 1. The summed E-state index contributed by atoms with van der Waals surface area (Å²) in [6.07, 6.45) is 4.93. The number of aliphatic hydroxyl groups excluding tert-OH is 1. The standard InChI is InChI=1S/C14H17N3O/c15-8-11-7-10-3-1-2-4-13(10)16-14(11)17-6-5-12(18)9-17/h7,12,18H,1-6,9H2/t12-/m1/s1. The Bertz CT molecular complexity index is 506. The Hall–Kier alpha value is -1.60. The smallest absolute Gasteiger partial charge is 0.146 e. The maximum Gasteiger partial charge on any atom is 0.146 e. The molecule has 3 rings (SSSR count). The molecule has 4 heteroatoms. The van der Waals surface area contributed by atoms with E-state index in [0.717, 1.165) is 37.3 Å². The van der Waals surface area contributed by atoms with Gasteiger partial charge in [-0.1, -0.05) is 0 Å². The minimum absolute atomic E-state index is 0.283. The quantitative estimate of drug-likeness (QED) is 0.810. The van der Waals surface area contributed by atoms with Crippen molar-refractivity contribution < 1.29 is 5.11 Å². The first-order valence-corrected chi connectivity index (χ1v) is 6.64. The molecule has 18 heavy (non-hydrogen) atoms. The highest BCUT2D eigenvalue weighted by Gasteiger charge is 2.25. The van der Waals surface area contributed by atoms with Crippen molar-refractivity contribution >= 4 is 5.82 Å². The van der Waals surface area contributed by atoms with E-state index >= 15 is 0 Å². The van der Waals surface area contributed by atoms with E-state index in [-0.39, 0.29) is 6.10 Å². The Labute approximate surface area is 107 Å². The zero-order valence-electron chi connectivity index (χ0n) is 10.4. The number of anilines is 1. The minimum Gasteiger partial charge on any atom is -0.391 e. The van der Waals surface area contributed by atoms with Gasteiger partial charge in [0.15, 0.2) is 0 Å². The molecule has 1 saturated heterocycles. The van der Waals surface area contributed by atoms with Crippen LogP contribution in [0.1, 0.15) is 36.1 Å². The van der Waals surface area contributed by atoms with E-state index in [2.05, 4.69) is 6.07 Å². The van der Waals surface area contributed by atoms with E-state index in [1.165, 1.54) is 18.4 Å². The number of hydrogen-bond donors (Lipinski definition) is 1. The van der Waals surface area contributed by atoms with Crippen molar-refractivity contribution in [3.8, 4) is 6.07 Å². The second-order valence-corrected chi connectivity index (χ2v) is 5.17. The monoisotopic (exact) mass is 243 g/mol. The SMILES string of the molecule is N#Cc1cc2c(nc1N1CC[C@@H](O)C1)CCCC2. The summed E-state index contributed by atoms with van der Waals surface area (Å²) < 4.78 is 0. The van der Waals surface area contributed by atoms with Gasteiger partial charge in [-0.25, -0.2) is 4.98 Å². The number of pyridine rings is 1. The lowest BCUT2D eigenvalue weighted by Gasteiger charge is -2.22. The van der Waals surface area contributed by atoms with E-state index in [0.29, 0.717) is 12.1 Å². The van der Waals surface area contributed by atoms with Gasteiger partial charge in [0.05, 0.1) is 11.7 Å². The van der Waals surface area contributed by atoms with Crippen LogP contribution < -0.4 is 4.90 Å². The average molecular weight is 243 g/mol. The fourth-order valence-electron chi connectivity index (χ4n) is 2.88. The van der Waals surface area contributed by atoms with Crippen LogP contribution in [-0.4, -0.2) is 29.3 Å². The third-order valence-corrected chi connectivity index (χ3v) is 3.86. The third kappa shape index (κ3) is 1.95. The van der Waals surface area contributed by atoms with Crippen molar-refractivity contribution in [2.45, 2.75) is 38.2 Å². The van der Waals surface area contributed by atoms with Crippen LogP contribution >= 0.6 is 0 Å². The molecule has 2 aliphatic rings. The molecule has 0 amide bonds. The van der Waals surface area contributed by atoms with Gasteiger partial charge < -0.3 is 10.0 Å². The third-order valence-electron chi connectivity index (χ3n) is 3.86. The van der Waals surface area contributed by atoms with Crippen LogP contribution in [0.15, 0.2) is 6.07 Å². The maximum atomic E-state index is 9.61. The molecule has 0 spiro atoms. The molecule has 4 nitrogen and oxygen atoms in total. The summed E-state index contributed by atoms with van der Waals surface area (Å²) >= 11 is 0. The van der Waals surface area contributed by atoms with Crippen LogP contribution in [0.5, 0.6) is 0 Å². The van der Waals surface area contributed by atoms with E-state index in [1.807, 2.05) is 11.0 Å². The fraction of sp³-hybridized carbons (Fsp3) is 0.571. The van der Waals surface area contributed by atoms with Gasteiger partial charge in [-0.15, -0.1) is 0 Å². The minimum atomic E-state index is -0.283. The van der Waals surface area contributed by atoms with Crippen LogP contribution in [0.25, 0.3) is 0 Å². The van der Waals surface area contributed by atoms with Crippen molar-refractivity contribution in [2.75, 3.05) is 18.0 Å². The Morgan fingerprint density at radius 1 is 1.39 bits per heavy atom. The number of nitrogens with zero attached hydrogens (tertiary/aromatic N) is 3. The van der Waals surface area contributed by atoms with Crippen molar-refractivity contribution in [1.29, 1.82) is 5.26 Å². The number of rotatable bonds is 1. The lowest BCUT2D eigenvalue weighted by Crippen LogP contribution is -2.24. The molecule has 0 saturated carbocycles. The molecule has 1 N–H and O–H groups in total. The molecular weight excluding hydrogens is 226 g/mol. The largest absolute Gasteiger partial charge is 0.391 e. The lowest BCUT2D eigenvalue weighted by atomic mass is 9.95. The predicted molar refractivity (Wildman–Crippen MR) is 68.4 cm³/mol. The summed E-state index contributed by atoms with van der Waals surface area (Å²) in [5, 5.41) is 18.9. The lowest BCUT2D eigenvalue weighted by molar-refractivity contribution is 0.198. The van der Waals surface area contributed by atoms with Gasteiger partial charge in [0.25, 0.3) is 0 Å². The van der Waals surface area contributed by atoms with Crippen molar-refractivity contribution in [1.82, 2.24) is 4.98 Å². The summed E-state index contributed by atoms with van der Waals surface area (Å²) in [4.78, 5) is 6.73. The van der Waals surface area contributed by atoms with Gasteiger partial charge in [-0.05, 0) is 43.7 Å². The summed E-state index contributed by atoms with van der Waals surface area (Å²) in [7, 11) is 0. The first kappa shape index (κ1) is 11.5. The number of aryl methyl sites for hydroxylation is 2. The summed E-state index contributed by atoms with van der Waals surface area (Å²) in [5.41, 5.74) is 3.04. The Kier molecular flexibility index (Phi) is 2.92. The molecule has 94 valence electrons. The molecule has 1 atom stereocenters. The first-order chi connectivity index (χ1) is 8.78. The number of aromatic nitrogens is 1. The highest BCUT2D eigenvalue weighted by atomic mass is 16.3. The van der Waals surface area contributed by atoms with Crippen LogP contribution in [0.4, 0.5) is 5.82 Å². The summed E-state index contributed by atoms with van der Waals surface area (Å²) in [6, 6.07) is 4.25. The Morgan fingerprint density at radius 3 is 2.94 bits per heavy atom. The highest BCUT2D eigenvalue weighted by Crippen LogP contribution is 2.28. The average Bonchev–Trinajstić information content (AvgIpc) is 2.83. The zero-order valence-corrected chi connectivity index (χ0v) is 10.4. The van der Waals surface area contributed by atoms with Gasteiger partial charge in [0.2, 0.25) is 0 Å². The van der Waals surface area contributed by atoms with Gasteiger partial charge in [-0.3, -0.25) is 0 Å². The van der Waals surface area contributed by atoms with E-state index < -0.39 is 0 Å². The van der Waals surface area contributed by atoms with E-state index in [4.69, 9.17) is 4.98 Å². The fourth-order valence-corrected chi connectivity index (χ4v) is 2.88. The molecule has 1 aromatic heterocycles. The molecule has 1 aliphatic carbocycles. The van der Waals surface area contributed by atoms with Gasteiger partial charge in [0.1, 0.15) is 11.9 Å². The Morgan fingerprint density at radius 2 is 2.22 bits per heavy atom. The van der Waals surface area contributed by atoms with Gasteiger partial charge >= 0.3 is 0 Å². The van der Waals surface area contributed by atoms with Crippen molar-refractivity contribution in [3.05, 3.63) is 22.9 Å². The second kappa shape index (κ2) is 4.58. The number of hydrogen-bond acceptors (Lipinski definition) is 4. The van der Waals surface area contributed by atoms with E-state index in [9.17, 15) is 10.4 Å². The van der Waals surface area contributed by atoms with Crippen LogP contribution in [0.2, 0.25) is 0 Å². The summed E-state index contributed by atoms with van der Waals surface area (Å²) in [5.74, 6) is 0.773. The Balaban J connectivity index is 2.00. The molecule has 0 radical (unpaired) electrons. The normalized spacial score (nSPS) is 22.7. The van der Waals surface area contributed by atoms with Crippen molar-refractivity contribution in [3.63, 3.8) is 0 Å². The molecule has 0 bridgehead atoms. The highest BCUT2D eigenvalue weighted by molar-refractivity contribution is 5.57. The van der Waals surface area contributed by atoms with Crippen LogP contribution in [0, 0.1) is 11.3 Å². The summed E-state index contributed by atoms with van der Waals surface area (Å²) in [6.45, 7) is 1.39. The van der Waals surface area contributed by atoms with Gasteiger partial charge in [-0.2, -0.15) is 5.26 Å². The molecule has 0 aromatic carbocycles. The van der Waals surface area contributed by atoms with Gasteiger partial charge in [0, 0.05) is 18.8 Å². The molecule has 1 fully saturated rings. The molecule has 2 heterocycles. The van der Waals surface area contributed by atoms with Crippen LogP contribution in [0.3, 0.4) is 0 Å². The number of nitriles is 1. The number of fused-ring (bicyclic) bond motifs is 1. The first-order valence-electron chi connectivity index (χ1n) is 6.64. The molecule has 1 aliphatic heterocycles. The second-order valence-electron chi connectivity index (χ2n) is 5.17. The molecular formula is C14H17N3O. The predicted octanol–water partition coefficient (Wildman–Crippen LogP) is 1.40. The number of aliphatic hydroxyl groups is 1. The van der Waals surface area contributed by atoms with E-state index in [1.54, 1.807) is 0 Å². The topological polar surface area (TPSA) is 60.2 Å². The maximum absolute atomic E-state index is 9.61. The van der Waals surface area contributed by atoms with Crippen LogP contribution in [-0.2, 0) is 12.8 Å². The zero-order chi connectivity index (χ0) is 12.5.